The van der Waals surface area contributed by atoms with E-state index in [2.05, 4.69) is 5.32 Å². The Bertz CT molecular complexity index is 391. The molecule has 0 atom stereocenters. The zero-order valence-corrected chi connectivity index (χ0v) is 11.3. The zero-order valence-electron chi connectivity index (χ0n) is 11.3. The van der Waals surface area contributed by atoms with Gasteiger partial charge in [-0.2, -0.15) is 0 Å². The molecule has 1 aromatic rings. The molecule has 0 saturated carbocycles. The van der Waals surface area contributed by atoms with Crippen molar-refractivity contribution in [3.05, 3.63) is 29.3 Å². The van der Waals surface area contributed by atoms with Gasteiger partial charge in [0.15, 0.2) is 0 Å². The number of amides is 1. The summed E-state index contributed by atoms with van der Waals surface area (Å²) in [6.45, 7) is 5.79. The third kappa shape index (κ3) is 4.37. The molecule has 0 aliphatic heterocycles. The van der Waals surface area contributed by atoms with Crippen LogP contribution in [0, 0.1) is 6.92 Å². The van der Waals surface area contributed by atoms with Crippen LogP contribution in [-0.4, -0.2) is 32.8 Å². The molecule has 0 aliphatic carbocycles. The van der Waals surface area contributed by atoms with Crippen molar-refractivity contribution < 1.29 is 14.3 Å². The van der Waals surface area contributed by atoms with Gasteiger partial charge in [0.05, 0.1) is 6.61 Å². The van der Waals surface area contributed by atoms with E-state index in [0.29, 0.717) is 25.3 Å². The predicted octanol–water partition coefficient (Wildman–Crippen LogP) is 2.16. The topological polar surface area (TPSA) is 47.6 Å². The number of carbonyl (C=O) groups is 1. The summed E-state index contributed by atoms with van der Waals surface area (Å²) >= 11 is 0. The fraction of sp³-hybridized carbons (Fsp3) is 0.500. The molecule has 100 valence electrons. The smallest absolute Gasteiger partial charge is 0.251 e. The lowest BCUT2D eigenvalue weighted by Gasteiger charge is -2.09. The minimum absolute atomic E-state index is 0.0581. The summed E-state index contributed by atoms with van der Waals surface area (Å²) < 4.78 is 10.4. The van der Waals surface area contributed by atoms with Crippen LogP contribution in [0.15, 0.2) is 18.2 Å². The molecule has 1 N–H and O–H groups in total. The molecular formula is C14H21NO3. The predicted molar refractivity (Wildman–Crippen MR) is 71.2 cm³/mol. The van der Waals surface area contributed by atoms with Gasteiger partial charge in [-0.1, -0.05) is 0 Å². The molecule has 1 amide bonds. The molecule has 1 rings (SSSR count). The first-order chi connectivity index (χ1) is 8.69. The maximum atomic E-state index is 11.8. The molecule has 0 heterocycles. The molecule has 0 radical (unpaired) electrons. The number of ether oxygens (including phenoxy) is 2. The SMILES string of the molecule is CCOc1ccc(C(=O)NCCCOC)cc1C. The van der Waals surface area contributed by atoms with Gasteiger partial charge in [0.1, 0.15) is 5.75 Å². The van der Waals surface area contributed by atoms with Gasteiger partial charge in [0.25, 0.3) is 5.91 Å². The zero-order chi connectivity index (χ0) is 13.4. The number of carbonyl (C=O) groups excluding carboxylic acids is 1. The van der Waals surface area contributed by atoms with E-state index < -0.39 is 0 Å². The Kier molecular flexibility index (Phi) is 6.22. The lowest BCUT2D eigenvalue weighted by atomic mass is 10.1. The summed E-state index contributed by atoms with van der Waals surface area (Å²) in [5, 5.41) is 2.85. The van der Waals surface area contributed by atoms with Crippen LogP contribution in [0.5, 0.6) is 5.75 Å². The van der Waals surface area contributed by atoms with Crippen LogP contribution in [0.1, 0.15) is 29.3 Å². The number of aryl methyl sites for hydroxylation is 1. The first-order valence-electron chi connectivity index (χ1n) is 6.19. The van der Waals surface area contributed by atoms with Crippen molar-refractivity contribution in [1.29, 1.82) is 0 Å². The van der Waals surface area contributed by atoms with Crippen LogP contribution in [-0.2, 0) is 4.74 Å². The van der Waals surface area contributed by atoms with Gasteiger partial charge in [-0.3, -0.25) is 4.79 Å². The molecule has 0 spiro atoms. The summed E-state index contributed by atoms with van der Waals surface area (Å²) in [5.41, 5.74) is 1.63. The van der Waals surface area contributed by atoms with Gasteiger partial charge in [-0.25, -0.2) is 0 Å². The van der Waals surface area contributed by atoms with Gasteiger partial charge in [0, 0.05) is 25.8 Å². The third-order valence-electron chi connectivity index (χ3n) is 2.55. The van der Waals surface area contributed by atoms with E-state index in [0.717, 1.165) is 17.7 Å². The first-order valence-corrected chi connectivity index (χ1v) is 6.19. The molecular weight excluding hydrogens is 230 g/mol. The Labute approximate surface area is 108 Å². The van der Waals surface area contributed by atoms with E-state index >= 15 is 0 Å². The average Bonchev–Trinajstić information content (AvgIpc) is 2.37. The molecule has 4 heteroatoms. The summed E-state index contributed by atoms with van der Waals surface area (Å²) in [4.78, 5) is 11.8. The second-order valence-electron chi connectivity index (χ2n) is 4.02. The third-order valence-corrected chi connectivity index (χ3v) is 2.55. The number of rotatable bonds is 7. The normalized spacial score (nSPS) is 10.2. The molecule has 0 saturated heterocycles. The minimum Gasteiger partial charge on any atom is -0.494 e. The number of benzene rings is 1. The Morgan fingerprint density at radius 3 is 2.78 bits per heavy atom. The van der Waals surface area contributed by atoms with Crippen molar-refractivity contribution in [2.75, 3.05) is 26.9 Å². The van der Waals surface area contributed by atoms with Gasteiger partial charge >= 0.3 is 0 Å². The average molecular weight is 251 g/mol. The number of hydrogen-bond acceptors (Lipinski definition) is 3. The number of nitrogens with one attached hydrogen (secondary N) is 1. The van der Waals surface area contributed by atoms with Crippen molar-refractivity contribution in [2.24, 2.45) is 0 Å². The van der Waals surface area contributed by atoms with Crippen molar-refractivity contribution in [1.82, 2.24) is 5.32 Å². The van der Waals surface area contributed by atoms with Crippen LogP contribution in [0.2, 0.25) is 0 Å². The largest absolute Gasteiger partial charge is 0.494 e. The van der Waals surface area contributed by atoms with Crippen LogP contribution in [0.4, 0.5) is 0 Å². The Morgan fingerprint density at radius 2 is 2.17 bits per heavy atom. The van der Waals surface area contributed by atoms with Crippen molar-refractivity contribution in [2.45, 2.75) is 20.3 Å². The second-order valence-corrected chi connectivity index (χ2v) is 4.02. The lowest BCUT2D eigenvalue weighted by Crippen LogP contribution is -2.25. The molecule has 0 bridgehead atoms. The monoisotopic (exact) mass is 251 g/mol. The first kappa shape index (κ1) is 14.5. The Morgan fingerprint density at radius 1 is 1.39 bits per heavy atom. The molecule has 4 nitrogen and oxygen atoms in total. The maximum Gasteiger partial charge on any atom is 0.251 e. The second kappa shape index (κ2) is 7.71. The molecule has 0 aliphatic rings. The highest BCUT2D eigenvalue weighted by Crippen LogP contribution is 2.18. The van der Waals surface area contributed by atoms with E-state index in [-0.39, 0.29) is 5.91 Å². The summed E-state index contributed by atoms with van der Waals surface area (Å²) in [6, 6.07) is 5.46. The highest BCUT2D eigenvalue weighted by Gasteiger charge is 2.07. The number of hydrogen-bond donors (Lipinski definition) is 1. The van der Waals surface area contributed by atoms with E-state index in [9.17, 15) is 4.79 Å². The number of methoxy groups -OCH3 is 1. The quantitative estimate of drug-likeness (QED) is 0.755. The van der Waals surface area contributed by atoms with E-state index in [4.69, 9.17) is 9.47 Å². The van der Waals surface area contributed by atoms with Crippen LogP contribution < -0.4 is 10.1 Å². The van der Waals surface area contributed by atoms with Crippen LogP contribution >= 0.6 is 0 Å². The molecule has 18 heavy (non-hydrogen) atoms. The fourth-order valence-corrected chi connectivity index (χ4v) is 1.63. The van der Waals surface area contributed by atoms with Crippen molar-refractivity contribution in [3.63, 3.8) is 0 Å². The molecule has 0 unspecified atom stereocenters. The molecule has 0 fully saturated rings. The highest BCUT2D eigenvalue weighted by molar-refractivity contribution is 5.94. The van der Waals surface area contributed by atoms with E-state index in [1.807, 2.05) is 26.0 Å². The summed E-state index contributed by atoms with van der Waals surface area (Å²) in [6.07, 6.45) is 0.818. The van der Waals surface area contributed by atoms with E-state index in [1.165, 1.54) is 0 Å². The minimum atomic E-state index is -0.0581. The Hall–Kier alpha value is -1.55. The van der Waals surface area contributed by atoms with Crippen molar-refractivity contribution >= 4 is 5.91 Å². The molecule has 0 aromatic heterocycles. The lowest BCUT2D eigenvalue weighted by molar-refractivity contribution is 0.0948. The maximum absolute atomic E-state index is 11.8. The van der Waals surface area contributed by atoms with Gasteiger partial charge in [0.2, 0.25) is 0 Å². The fourth-order valence-electron chi connectivity index (χ4n) is 1.63. The van der Waals surface area contributed by atoms with Crippen LogP contribution in [0.25, 0.3) is 0 Å². The van der Waals surface area contributed by atoms with Gasteiger partial charge in [-0.05, 0) is 44.0 Å². The molecule has 1 aromatic carbocycles. The van der Waals surface area contributed by atoms with E-state index in [1.54, 1.807) is 13.2 Å². The Balaban J connectivity index is 2.55. The summed E-state index contributed by atoms with van der Waals surface area (Å²) in [7, 11) is 1.65. The highest BCUT2D eigenvalue weighted by atomic mass is 16.5. The van der Waals surface area contributed by atoms with Gasteiger partial charge in [-0.15, -0.1) is 0 Å². The van der Waals surface area contributed by atoms with Crippen LogP contribution in [0.3, 0.4) is 0 Å². The summed E-state index contributed by atoms with van der Waals surface area (Å²) in [5.74, 6) is 0.769. The van der Waals surface area contributed by atoms with Crippen molar-refractivity contribution in [3.8, 4) is 5.75 Å². The standard InChI is InChI=1S/C14H21NO3/c1-4-18-13-7-6-12(10-11(13)2)14(16)15-8-5-9-17-3/h6-7,10H,4-5,8-9H2,1-3H3,(H,15,16). The van der Waals surface area contributed by atoms with Gasteiger partial charge < -0.3 is 14.8 Å².